The molecule has 196 valence electrons. The molecule has 1 saturated heterocycles. The lowest BCUT2D eigenvalue weighted by Crippen LogP contribution is -2.29. The van der Waals surface area contributed by atoms with Crippen molar-refractivity contribution >= 4 is 29.1 Å². The fourth-order valence-electron chi connectivity index (χ4n) is 4.76. The first-order valence-corrected chi connectivity index (χ1v) is 12.4. The molecule has 0 aliphatic carbocycles. The number of ether oxygens (including phenoxy) is 2. The van der Waals surface area contributed by atoms with Crippen LogP contribution in [0.4, 0.5) is 5.69 Å². The number of rotatable bonds is 6. The molecule has 38 heavy (non-hydrogen) atoms. The van der Waals surface area contributed by atoms with Gasteiger partial charge in [0.05, 0.1) is 17.7 Å². The molecule has 3 aromatic carbocycles. The summed E-state index contributed by atoms with van der Waals surface area (Å²) >= 11 is 0. The quantitative estimate of drug-likeness (QED) is 0.144. The molecule has 1 unspecified atom stereocenters. The Kier molecular flexibility index (Phi) is 7.39. The number of hydrogen-bond donors (Lipinski definition) is 1. The van der Waals surface area contributed by atoms with Gasteiger partial charge in [0.1, 0.15) is 17.3 Å². The minimum Gasteiger partial charge on any atom is -0.507 e. The maximum Gasteiger partial charge on any atom is 0.308 e. The highest BCUT2D eigenvalue weighted by Crippen LogP contribution is 2.43. The Labute approximate surface area is 222 Å². The van der Waals surface area contributed by atoms with Crippen LogP contribution in [0.5, 0.6) is 11.5 Å². The first-order chi connectivity index (χ1) is 18.0. The van der Waals surface area contributed by atoms with Crippen LogP contribution in [0.2, 0.25) is 0 Å². The van der Waals surface area contributed by atoms with Gasteiger partial charge in [-0.1, -0.05) is 18.2 Å². The molecule has 3 aromatic rings. The van der Waals surface area contributed by atoms with Gasteiger partial charge >= 0.3 is 5.97 Å². The summed E-state index contributed by atoms with van der Waals surface area (Å²) in [7, 11) is 0. The number of esters is 1. The Bertz CT molecular complexity index is 1450. The number of aliphatic hydroxyl groups excluding tert-OH is 1. The Morgan fingerprint density at radius 2 is 1.63 bits per heavy atom. The Hall–Kier alpha value is -4.39. The molecule has 1 fully saturated rings. The zero-order valence-electron chi connectivity index (χ0n) is 22.4. The van der Waals surface area contributed by atoms with Gasteiger partial charge in [-0.25, -0.2) is 0 Å². The SMILES string of the molecule is CC(=O)Oc1cccc(C2/C(=C(\O)c3ccc(OC(C)C)c(C)c3)C(=O)C(=O)N2c2cc(C)cc(C)c2)c1. The maximum atomic E-state index is 13.5. The van der Waals surface area contributed by atoms with Crippen LogP contribution in [-0.4, -0.2) is 28.9 Å². The molecule has 4 rings (SSSR count). The van der Waals surface area contributed by atoms with Crippen molar-refractivity contribution in [3.63, 3.8) is 0 Å². The van der Waals surface area contributed by atoms with Gasteiger partial charge in [-0.05, 0) is 99.3 Å². The van der Waals surface area contributed by atoms with Gasteiger partial charge < -0.3 is 14.6 Å². The van der Waals surface area contributed by atoms with E-state index in [4.69, 9.17) is 9.47 Å². The van der Waals surface area contributed by atoms with Crippen LogP contribution < -0.4 is 14.4 Å². The number of carbonyl (C=O) groups excluding carboxylic acids is 3. The smallest absolute Gasteiger partial charge is 0.308 e. The second kappa shape index (κ2) is 10.5. The summed E-state index contributed by atoms with van der Waals surface area (Å²) in [4.78, 5) is 40.0. The molecule has 1 aliphatic heterocycles. The van der Waals surface area contributed by atoms with Crippen molar-refractivity contribution in [1.82, 2.24) is 0 Å². The zero-order valence-corrected chi connectivity index (χ0v) is 22.4. The first kappa shape index (κ1) is 26.7. The highest BCUT2D eigenvalue weighted by molar-refractivity contribution is 6.51. The van der Waals surface area contributed by atoms with Crippen LogP contribution in [0.15, 0.2) is 66.2 Å². The largest absolute Gasteiger partial charge is 0.507 e. The number of carbonyl (C=O) groups is 3. The molecule has 0 saturated carbocycles. The number of amides is 1. The lowest BCUT2D eigenvalue weighted by atomic mass is 9.94. The molecule has 0 bridgehead atoms. The van der Waals surface area contributed by atoms with Crippen LogP contribution in [0.3, 0.4) is 0 Å². The van der Waals surface area contributed by atoms with Gasteiger partial charge in [0.25, 0.3) is 11.7 Å². The Morgan fingerprint density at radius 1 is 0.947 bits per heavy atom. The minimum atomic E-state index is -0.946. The molecule has 0 radical (unpaired) electrons. The number of hydrogen-bond acceptors (Lipinski definition) is 6. The van der Waals surface area contributed by atoms with E-state index in [1.54, 1.807) is 42.5 Å². The van der Waals surface area contributed by atoms with E-state index in [-0.39, 0.29) is 23.2 Å². The molecule has 1 heterocycles. The minimum absolute atomic E-state index is 0.0271. The number of anilines is 1. The van der Waals surface area contributed by atoms with E-state index < -0.39 is 23.7 Å². The third-order valence-corrected chi connectivity index (χ3v) is 6.18. The molecule has 7 heteroatoms. The number of aryl methyl sites for hydroxylation is 3. The van der Waals surface area contributed by atoms with E-state index in [0.29, 0.717) is 22.6 Å². The van der Waals surface area contributed by atoms with Crippen molar-refractivity contribution in [3.05, 3.63) is 94.1 Å². The Morgan fingerprint density at radius 3 is 2.24 bits per heavy atom. The molecule has 1 N–H and O–H groups in total. The predicted molar refractivity (Wildman–Crippen MR) is 145 cm³/mol. The molecule has 1 aliphatic rings. The number of Topliss-reactive ketones (excluding diaryl/α,β-unsaturated/α-hetero) is 1. The van der Waals surface area contributed by atoms with Crippen LogP contribution in [0, 0.1) is 20.8 Å². The zero-order chi connectivity index (χ0) is 27.7. The van der Waals surface area contributed by atoms with Crippen molar-refractivity contribution in [2.24, 2.45) is 0 Å². The average molecular weight is 514 g/mol. The van der Waals surface area contributed by atoms with Gasteiger partial charge in [0.15, 0.2) is 0 Å². The number of aliphatic hydroxyl groups is 1. The highest BCUT2D eigenvalue weighted by atomic mass is 16.5. The predicted octanol–water partition coefficient (Wildman–Crippen LogP) is 5.95. The molecule has 0 spiro atoms. The van der Waals surface area contributed by atoms with Crippen molar-refractivity contribution < 1.29 is 29.0 Å². The maximum absolute atomic E-state index is 13.5. The number of benzene rings is 3. The second-order valence-corrected chi connectivity index (χ2v) is 9.83. The van der Waals surface area contributed by atoms with Crippen molar-refractivity contribution in [1.29, 1.82) is 0 Å². The van der Waals surface area contributed by atoms with Crippen molar-refractivity contribution in [3.8, 4) is 11.5 Å². The molecule has 1 atom stereocenters. The monoisotopic (exact) mass is 513 g/mol. The molecule has 1 amide bonds. The summed E-state index contributed by atoms with van der Waals surface area (Å²) in [5.41, 5.74) is 4.00. The molecule has 0 aromatic heterocycles. The second-order valence-electron chi connectivity index (χ2n) is 9.83. The van der Waals surface area contributed by atoms with Crippen LogP contribution in [0.25, 0.3) is 5.76 Å². The van der Waals surface area contributed by atoms with E-state index in [9.17, 15) is 19.5 Å². The van der Waals surface area contributed by atoms with E-state index >= 15 is 0 Å². The number of nitrogens with zero attached hydrogens (tertiary/aromatic N) is 1. The van der Waals surface area contributed by atoms with Gasteiger partial charge in [-0.3, -0.25) is 19.3 Å². The van der Waals surface area contributed by atoms with E-state index in [1.165, 1.54) is 11.8 Å². The van der Waals surface area contributed by atoms with Crippen molar-refractivity contribution in [2.45, 2.75) is 53.7 Å². The standard InChI is InChI=1S/C31H31NO6/c1-17(2)37-26-11-10-23(15-20(26)5)29(34)27-28(22-8-7-9-25(16-22)38-21(6)33)32(31(36)30(27)35)24-13-18(3)12-19(4)14-24/h7-17,28,34H,1-6H3/b29-27+. The average Bonchev–Trinajstić information content (AvgIpc) is 3.09. The van der Waals surface area contributed by atoms with Gasteiger partial charge in [-0.2, -0.15) is 0 Å². The summed E-state index contributed by atoms with van der Waals surface area (Å²) in [6.07, 6.45) is -0.0271. The molecular formula is C31H31NO6. The summed E-state index contributed by atoms with van der Waals surface area (Å²) < 4.78 is 11.1. The molecular weight excluding hydrogens is 482 g/mol. The number of ketones is 1. The van der Waals surface area contributed by atoms with E-state index in [2.05, 4.69) is 0 Å². The first-order valence-electron chi connectivity index (χ1n) is 12.4. The topological polar surface area (TPSA) is 93.1 Å². The summed E-state index contributed by atoms with van der Waals surface area (Å²) in [6.45, 7) is 10.8. The Balaban J connectivity index is 1.93. The third kappa shape index (κ3) is 5.32. The molecule has 7 nitrogen and oxygen atoms in total. The van der Waals surface area contributed by atoms with Gasteiger partial charge in [-0.15, -0.1) is 0 Å². The van der Waals surface area contributed by atoms with Crippen LogP contribution in [-0.2, 0) is 14.4 Å². The summed E-state index contributed by atoms with van der Waals surface area (Å²) in [6, 6.07) is 16.4. The summed E-state index contributed by atoms with van der Waals surface area (Å²) in [5.74, 6) is -1.41. The third-order valence-electron chi connectivity index (χ3n) is 6.18. The van der Waals surface area contributed by atoms with Gasteiger partial charge in [0.2, 0.25) is 0 Å². The van der Waals surface area contributed by atoms with E-state index in [1.807, 2.05) is 52.8 Å². The van der Waals surface area contributed by atoms with E-state index in [0.717, 1.165) is 16.7 Å². The highest BCUT2D eigenvalue weighted by Gasteiger charge is 2.47. The van der Waals surface area contributed by atoms with Gasteiger partial charge in [0, 0.05) is 18.2 Å². The lowest BCUT2D eigenvalue weighted by Gasteiger charge is -2.26. The van der Waals surface area contributed by atoms with Crippen LogP contribution >= 0.6 is 0 Å². The van der Waals surface area contributed by atoms with Crippen molar-refractivity contribution in [2.75, 3.05) is 4.90 Å². The fraction of sp³-hybridized carbons (Fsp3) is 0.258. The fourth-order valence-corrected chi connectivity index (χ4v) is 4.76. The normalized spacial score (nSPS) is 16.7. The summed E-state index contributed by atoms with van der Waals surface area (Å²) in [5, 5.41) is 11.5. The van der Waals surface area contributed by atoms with Crippen LogP contribution in [0.1, 0.15) is 54.6 Å². The lowest BCUT2D eigenvalue weighted by molar-refractivity contribution is -0.132.